The number of nitro benzene ring substituents is 2. The van der Waals surface area contributed by atoms with Gasteiger partial charge in [0, 0.05) is 12.1 Å². The van der Waals surface area contributed by atoms with Gasteiger partial charge in [0.15, 0.2) is 0 Å². The second-order valence-corrected chi connectivity index (χ2v) is 4.73. The summed E-state index contributed by atoms with van der Waals surface area (Å²) < 4.78 is 0. The SMILES string of the molecule is Clc1cccc(Cl)c1Cl.O=[N+]([O-])c1ccccc1[N+](=O)[O-]. The first kappa shape index (κ1) is 17.2. The molecule has 0 aliphatic rings. The zero-order valence-corrected chi connectivity index (χ0v) is 12.5. The number of halogens is 3. The molecule has 0 bridgehead atoms. The molecule has 9 heteroatoms. The van der Waals surface area contributed by atoms with Gasteiger partial charge in [-0.25, -0.2) is 0 Å². The summed E-state index contributed by atoms with van der Waals surface area (Å²) in [5.74, 6) is 0. The minimum Gasteiger partial charge on any atom is -0.258 e. The number of para-hydroxylation sites is 2. The summed E-state index contributed by atoms with van der Waals surface area (Å²) in [5.41, 5.74) is -0.968. The lowest BCUT2D eigenvalue weighted by molar-refractivity contribution is -0.422. The Balaban J connectivity index is 0.000000219. The van der Waals surface area contributed by atoms with E-state index in [2.05, 4.69) is 0 Å². The predicted molar refractivity (Wildman–Crippen MR) is 81.2 cm³/mol. The molecule has 6 nitrogen and oxygen atoms in total. The molecule has 0 radical (unpaired) electrons. The zero-order chi connectivity index (χ0) is 16.0. The van der Waals surface area contributed by atoms with Crippen LogP contribution in [-0.4, -0.2) is 9.85 Å². The molecule has 0 aromatic heterocycles. The maximum absolute atomic E-state index is 10.2. The van der Waals surface area contributed by atoms with Gasteiger partial charge in [0.05, 0.1) is 24.9 Å². The van der Waals surface area contributed by atoms with Crippen molar-refractivity contribution in [3.8, 4) is 0 Å². The molecule has 0 saturated carbocycles. The van der Waals surface area contributed by atoms with Crippen LogP contribution in [0.4, 0.5) is 11.4 Å². The van der Waals surface area contributed by atoms with E-state index in [0.29, 0.717) is 15.1 Å². The number of rotatable bonds is 2. The molecule has 21 heavy (non-hydrogen) atoms. The molecule has 110 valence electrons. The van der Waals surface area contributed by atoms with Crippen LogP contribution in [0.2, 0.25) is 15.1 Å². The first-order valence-electron chi connectivity index (χ1n) is 5.32. The first-order valence-corrected chi connectivity index (χ1v) is 6.45. The second-order valence-electron chi connectivity index (χ2n) is 3.54. The Bertz CT molecular complexity index is 626. The molecule has 0 heterocycles. The van der Waals surface area contributed by atoms with Crippen LogP contribution in [0.15, 0.2) is 42.5 Å². The Morgan fingerprint density at radius 2 is 1.10 bits per heavy atom. The van der Waals surface area contributed by atoms with Gasteiger partial charge in [0.1, 0.15) is 0 Å². The monoisotopic (exact) mass is 348 g/mol. The van der Waals surface area contributed by atoms with Crippen molar-refractivity contribution in [1.82, 2.24) is 0 Å². The second kappa shape index (κ2) is 7.78. The highest BCUT2D eigenvalue weighted by Gasteiger charge is 2.21. The van der Waals surface area contributed by atoms with E-state index in [-0.39, 0.29) is 0 Å². The van der Waals surface area contributed by atoms with Gasteiger partial charge in [-0.2, -0.15) is 0 Å². The van der Waals surface area contributed by atoms with Gasteiger partial charge in [0.2, 0.25) is 0 Å². The quantitative estimate of drug-likeness (QED) is 0.426. The van der Waals surface area contributed by atoms with Gasteiger partial charge in [-0.05, 0) is 12.1 Å². The predicted octanol–water partition coefficient (Wildman–Crippen LogP) is 5.15. The van der Waals surface area contributed by atoms with Crippen molar-refractivity contribution < 1.29 is 9.85 Å². The molecule has 2 aromatic rings. The lowest BCUT2D eigenvalue weighted by atomic mass is 10.3. The zero-order valence-electron chi connectivity index (χ0n) is 10.2. The largest absolute Gasteiger partial charge is 0.346 e. The highest BCUT2D eigenvalue weighted by Crippen LogP contribution is 2.28. The number of benzene rings is 2. The summed E-state index contributed by atoms with van der Waals surface area (Å²) in [6, 6.07) is 10.1. The lowest BCUT2D eigenvalue weighted by Gasteiger charge is -1.94. The molecule has 0 N–H and O–H groups in total. The summed E-state index contributed by atoms with van der Waals surface area (Å²) in [5, 5.41) is 21.9. The fourth-order valence-corrected chi connectivity index (χ4v) is 1.77. The van der Waals surface area contributed by atoms with Gasteiger partial charge in [-0.3, -0.25) is 20.2 Å². The summed E-state index contributed by atoms with van der Waals surface area (Å²) in [4.78, 5) is 18.9. The molecular formula is C12H7Cl3N2O4. The third-order valence-electron chi connectivity index (χ3n) is 2.18. The Morgan fingerprint density at radius 1 is 0.714 bits per heavy atom. The molecule has 0 amide bonds. The van der Waals surface area contributed by atoms with E-state index in [1.807, 2.05) is 0 Å². The van der Waals surface area contributed by atoms with E-state index in [1.165, 1.54) is 12.1 Å². The third-order valence-corrected chi connectivity index (χ3v) is 3.41. The molecule has 0 atom stereocenters. The van der Waals surface area contributed by atoms with Crippen molar-refractivity contribution in [2.45, 2.75) is 0 Å². The van der Waals surface area contributed by atoms with E-state index < -0.39 is 21.2 Å². The fraction of sp³-hybridized carbons (Fsp3) is 0. The number of nitro groups is 2. The number of hydrogen-bond acceptors (Lipinski definition) is 4. The maximum Gasteiger partial charge on any atom is 0.346 e. The van der Waals surface area contributed by atoms with Crippen LogP contribution in [0.3, 0.4) is 0 Å². The van der Waals surface area contributed by atoms with Crippen LogP contribution in [0.1, 0.15) is 0 Å². The van der Waals surface area contributed by atoms with E-state index in [1.54, 1.807) is 18.2 Å². The van der Waals surface area contributed by atoms with Crippen molar-refractivity contribution in [2.24, 2.45) is 0 Å². The van der Waals surface area contributed by atoms with Gasteiger partial charge in [0.25, 0.3) is 0 Å². The number of hydrogen-bond donors (Lipinski definition) is 0. The van der Waals surface area contributed by atoms with Crippen molar-refractivity contribution in [3.63, 3.8) is 0 Å². The van der Waals surface area contributed by atoms with Gasteiger partial charge < -0.3 is 0 Å². The van der Waals surface area contributed by atoms with Crippen LogP contribution < -0.4 is 0 Å². The van der Waals surface area contributed by atoms with Crippen molar-refractivity contribution >= 4 is 46.2 Å². The normalized spacial score (nSPS) is 9.48. The van der Waals surface area contributed by atoms with Crippen molar-refractivity contribution in [3.05, 3.63) is 77.8 Å². The molecule has 0 fully saturated rings. The van der Waals surface area contributed by atoms with Gasteiger partial charge >= 0.3 is 11.4 Å². The summed E-state index contributed by atoms with van der Waals surface area (Å²) in [6.07, 6.45) is 0. The highest BCUT2D eigenvalue weighted by atomic mass is 35.5. The van der Waals surface area contributed by atoms with E-state index in [4.69, 9.17) is 34.8 Å². The van der Waals surface area contributed by atoms with Crippen LogP contribution in [0, 0.1) is 20.2 Å². The molecule has 0 saturated heterocycles. The van der Waals surface area contributed by atoms with Crippen LogP contribution in [-0.2, 0) is 0 Å². The Labute approximate surface area is 134 Å². The summed E-state index contributed by atoms with van der Waals surface area (Å²) in [7, 11) is 0. The summed E-state index contributed by atoms with van der Waals surface area (Å²) >= 11 is 16.8. The lowest BCUT2D eigenvalue weighted by Crippen LogP contribution is -1.95. The average Bonchev–Trinajstić information content (AvgIpc) is 2.45. The van der Waals surface area contributed by atoms with Crippen molar-refractivity contribution in [1.29, 1.82) is 0 Å². The molecule has 0 aliphatic carbocycles. The maximum atomic E-state index is 10.2. The van der Waals surface area contributed by atoms with Crippen LogP contribution >= 0.6 is 34.8 Å². The van der Waals surface area contributed by atoms with Gasteiger partial charge in [-0.1, -0.05) is 53.0 Å². The van der Waals surface area contributed by atoms with Crippen molar-refractivity contribution in [2.75, 3.05) is 0 Å². The number of nitrogens with zero attached hydrogens (tertiary/aromatic N) is 2. The van der Waals surface area contributed by atoms with E-state index in [9.17, 15) is 20.2 Å². The molecule has 0 aliphatic heterocycles. The van der Waals surface area contributed by atoms with E-state index in [0.717, 1.165) is 12.1 Å². The van der Waals surface area contributed by atoms with Crippen LogP contribution in [0.25, 0.3) is 0 Å². The molecule has 2 aromatic carbocycles. The summed E-state index contributed by atoms with van der Waals surface area (Å²) in [6.45, 7) is 0. The fourth-order valence-electron chi connectivity index (χ4n) is 1.25. The van der Waals surface area contributed by atoms with Gasteiger partial charge in [-0.15, -0.1) is 0 Å². The topological polar surface area (TPSA) is 86.3 Å². The average molecular weight is 350 g/mol. The smallest absolute Gasteiger partial charge is 0.258 e. The van der Waals surface area contributed by atoms with E-state index >= 15 is 0 Å². The third kappa shape index (κ3) is 4.86. The minimum atomic E-state index is -0.780. The first-order chi connectivity index (χ1) is 9.84. The standard InChI is InChI=1S/C6H3Cl3.C6H4N2O4/c7-4-2-1-3-5(8)6(4)9;9-7(10)5-3-1-2-4-6(5)8(11)12/h1-3H;1-4H. The molecule has 0 unspecified atom stereocenters. The Morgan fingerprint density at radius 3 is 1.38 bits per heavy atom. The minimum absolute atomic E-state index is 0.417. The molecular weight excluding hydrogens is 343 g/mol. The Kier molecular flexibility index (Phi) is 6.36. The van der Waals surface area contributed by atoms with Crippen LogP contribution in [0.5, 0.6) is 0 Å². The Hall–Kier alpha value is -1.89. The highest BCUT2D eigenvalue weighted by molar-refractivity contribution is 6.47. The molecule has 2 rings (SSSR count). The molecule has 0 spiro atoms.